The molecule has 1 fully saturated rings. The third-order valence-electron chi connectivity index (χ3n) is 2.37. The van der Waals surface area contributed by atoms with Gasteiger partial charge in [-0.05, 0) is 19.3 Å². The lowest BCUT2D eigenvalue weighted by Gasteiger charge is -2.11. The lowest BCUT2D eigenvalue weighted by atomic mass is 10.2. The summed E-state index contributed by atoms with van der Waals surface area (Å²) in [7, 11) is 0. The summed E-state index contributed by atoms with van der Waals surface area (Å²) in [6, 6.07) is 0. The number of nitrogens with one attached hydrogen (secondary N) is 1. The Morgan fingerprint density at radius 2 is 2.17 bits per heavy atom. The summed E-state index contributed by atoms with van der Waals surface area (Å²) in [5.41, 5.74) is 4.18. The van der Waals surface area contributed by atoms with Crippen LogP contribution in [-0.2, 0) is 4.84 Å². The molecule has 0 amide bonds. The number of rotatable bonds is 5. The van der Waals surface area contributed by atoms with Crippen molar-refractivity contribution in [3.05, 3.63) is 12.2 Å². The Balaban J connectivity index is 1.97. The zero-order chi connectivity index (χ0) is 8.81. The van der Waals surface area contributed by atoms with Gasteiger partial charge in [0.15, 0.2) is 0 Å². The van der Waals surface area contributed by atoms with E-state index in [0.29, 0.717) is 6.10 Å². The summed E-state index contributed by atoms with van der Waals surface area (Å²) in [4.78, 5) is 5.46. The maximum atomic E-state index is 5.46. The van der Waals surface area contributed by atoms with Crippen molar-refractivity contribution in [2.75, 3.05) is 6.54 Å². The van der Waals surface area contributed by atoms with Gasteiger partial charge in [0.2, 0.25) is 0 Å². The molecule has 0 aliphatic heterocycles. The first kappa shape index (κ1) is 9.75. The zero-order valence-corrected chi connectivity index (χ0v) is 7.94. The van der Waals surface area contributed by atoms with Crippen molar-refractivity contribution in [2.24, 2.45) is 0 Å². The summed E-state index contributed by atoms with van der Waals surface area (Å²) in [6.07, 6.45) is 6.55. The lowest BCUT2D eigenvalue weighted by Crippen LogP contribution is -2.23. The molecular formula is C10H19NO. The van der Waals surface area contributed by atoms with E-state index in [1.807, 2.05) is 0 Å². The van der Waals surface area contributed by atoms with E-state index in [9.17, 15) is 0 Å². The maximum absolute atomic E-state index is 5.46. The standard InChI is InChI=1S/C10H19NO/c1-3-9(2)8-11-12-10-6-4-5-7-10/h10-11H,2-8H2,1H3. The van der Waals surface area contributed by atoms with Crippen LogP contribution in [-0.4, -0.2) is 12.6 Å². The van der Waals surface area contributed by atoms with Crippen LogP contribution in [0.2, 0.25) is 0 Å². The molecule has 1 saturated carbocycles. The van der Waals surface area contributed by atoms with Gasteiger partial charge in [-0.3, -0.25) is 4.84 Å². The van der Waals surface area contributed by atoms with Crippen molar-refractivity contribution >= 4 is 0 Å². The van der Waals surface area contributed by atoms with Gasteiger partial charge in [0.25, 0.3) is 0 Å². The van der Waals surface area contributed by atoms with E-state index < -0.39 is 0 Å². The average molecular weight is 169 g/mol. The Hall–Kier alpha value is -0.340. The minimum absolute atomic E-state index is 0.453. The monoisotopic (exact) mass is 169 g/mol. The molecule has 0 unspecified atom stereocenters. The van der Waals surface area contributed by atoms with Crippen LogP contribution in [0, 0.1) is 0 Å². The van der Waals surface area contributed by atoms with E-state index >= 15 is 0 Å². The fourth-order valence-electron chi connectivity index (χ4n) is 1.39. The van der Waals surface area contributed by atoms with Crippen molar-refractivity contribution < 1.29 is 4.84 Å². The Morgan fingerprint density at radius 3 is 2.75 bits per heavy atom. The van der Waals surface area contributed by atoms with Gasteiger partial charge >= 0.3 is 0 Å². The molecule has 0 saturated heterocycles. The molecule has 1 rings (SSSR count). The molecule has 0 aromatic heterocycles. The van der Waals surface area contributed by atoms with Crippen LogP contribution < -0.4 is 5.48 Å². The summed E-state index contributed by atoms with van der Waals surface area (Å²) >= 11 is 0. The molecule has 0 aromatic rings. The number of hydroxylamine groups is 1. The summed E-state index contributed by atoms with van der Waals surface area (Å²) in [6.45, 7) is 6.80. The topological polar surface area (TPSA) is 21.3 Å². The van der Waals surface area contributed by atoms with Crippen LogP contribution in [0.1, 0.15) is 39.0 Å². The minimum atomic E-state index is 0.453. The van der Waals surface area contributed by atoms with E-state index in [-0.39, 0.29) is 0 Å². The van der Waals surface area contributed by atoms with Crippen LogP contribution in [0.5, 0.6) is 0 Å². The molecule has 70 valence electrons. The van der Waals surface area contributed by atoms with Crippen molar-refractivity contribution in [2.45, 2.75) is 45.1 Å². The van der Waals surface area contributed by atoms with Gasteiger partial charge in [-0.15, -0.1) is 0 Å². The van der Waals surface area contributed by atoms with Gasteiger partial charge in [-0.2, -0.15) is 5.48 Å². The molecule has 0 atom stereocenters. The van der Waals surface area contributed by atoms with Gasteiger partial charge in [0.05, 0.1) is 6.10 Å². The summed E-state index contributed by atoms with van der Waals surface area (Å²) in [5.74, 6) is 0. The molecule has 0 spiro atoms. The molecule has 12 heavy (non-hydrogen) atoms. The average Bonchev–Trinajstić information content (AvgIpc) is 2.57. The van der Waals surface area contributed by atoms with Crippen LogP contribution in [0.4, 0.5) is 0 Å². The van der Waals surface area contributed by atoms with Gasteiger partial charge in [0.1, 0.15) is 0 Å². The second-order valence-corrected chi connectivity index (χ2v) is 3.45. The fraction of sp³-hybridized carbons (Fsp3) is 0.800. The highest BCUT2D eigenvalue weighted by molar-refractivity contribution is 4.93. The van der Waals surface area contributed by atoms with E-state index in [4.69, 9.17) is 4.84 Å². The third kappa shape index (κ3) is 3.37. The third-order valence-corrected chi connectivity index (χ3v) is 2.37. The smallest absolute Gasteiger partial charge is 0.0790 e. The molecule has 1 aliphatic rings. The molecule has 1 N–H and O–H groups in total. The molecule has 0 heterocycles. The van der Waals surface area contributed by atoms with E-state index in [0.717, 1.165) is 13.0 Å². The summed E-state index contributed by atoms with van der Waals surface area (Å²) < 4.78 is 0. The fourth-order valence-corrected chi connectivity index (χ4v) is 1.39. The molecule has 0 aromatic carbocycles. The SMILES string of the molecule is C=C(CC)CNOC1CCCC1. The molecule has 1 aliphatic carbocycles. The lowest BCUT2D eigenvalue weighted by molar-refractivity contribution is -0.0161. The zero-order valence-electron chi connectivity index (χ0n) is 7.94. The molecule has 2 nitrogen and oxygen atoms in total. The molecule has 0 radical (unpaired) electrons. The van der Waals surface area contributed by atoms with Crippen molar-refractivity contribution in [3.8, 4) is 0 Å². The van der Waals surface area contributed by atoms with Crippen LogP contribution in [0.15, 0.2) is 12.2 Å². The van der Waals surface area contributed by atoms with Gasteiger partial charge in [-0.1, -0.05) is 31.9 Å². The Morgan fingerprint density at radius 1 is 1.50 bits per heavy atom. The molecule has 0 bridgehead atoms. The summed E-state index contributed by atoms with van der Waals surface area (Å²) in [5, 5.41) is 0. The largest absolute Gasteiger partial charge is 0.298 e. The first-order chi connectivity index (χ1) is 5.83. The van der Waals surface area contributed by atoms with Crippen molar-refractivity contribution in [1.82, 2.24) is 5.48 Å². The Bertz CT molecular complexity index is 139. The normalized spacial score (nSPS) is 18.4. The maximum Gasteiger partial charge on any atom is 0.0790 e. The van der Waals surface area contributed by atoms with Gasteiger partial charge in [-0.25, -0.2) is 0 Å². The second-order valence-electron chi connectivity index (χ2n) is 3.45. The minimum Gasteiger partial charge on any atom is -0.298 e. The van der Waals surface area contributed by atoms with Gasteiger partial charge in [0, 0.05) is 6.54 Å². The predicted octanol–water partition coefficient (Wildman–Crippen LogP) is 2.42. The van der Waals surface area contributed by atoms with E-state index in [2.05, 4.69) is 19.0 Å². The van der Waals surface area contributed by atoms with Gasteiger partial charge < -0.3 is 0 Å². The van der Waals surface area contributed by atoms with Crippen LogP contribution in [0.25, 0.3) is 0 Å². The highest BCUT2D eigenvalue weighted by atomic mass is 16.7. The Kier molecular flexibility index (Phi) is 4.33. The number of hydrogen-bond donors (Lipinski definition) is 1. The second kappa shape index (κ2) is 5.33. The van der Waals surface area contributed by atoms with Crippen LogP contribution in [0.3, 0.4) is 0 Å². The molecular weight excluding hydrogens is 150 g/mol. The first-order valence-electron chi connectivity index (χ1n) is 4.88. The Labute approximate surface area is 74.9 Å². The van der Waals surface area contributed by atoms with E-state index in [1.165, 1.54) is 31.3 Å². The van der Waals surface area contributed by atoms with E-state index in [1.54, 1.807) is 0 Å². The highest BCUT2D eigenvalue weighted by Crippen LogP contribution is 2.19. The predicted molar refractivity (Wildman–Crippen MR) is 50.8 cm³/mol. The highest BCUT2D eigenvalue weighted by Gasteiger charge is 2.14. The first-order valence-corrected chi connectivity index (χ1v) is 4.88. The van der Waals surface area contributed by atoms with Crippen LogP contribution >= 0.6 is 0 Å². The molecule has 2 heteroatoms. The number of hydrogen-bond acceptors (Lipinski definition) is 2. The van der Waals surface area contributed by atoms with Crippen molar-refractivity contribution in [1.29, 1.82) is 0 Å². The quantitative estimate of drug-likeness (QED) is 0.504. The van der Waals surface area contributed by atoms with Crippen molar-refractivity contribution in [3.63, 3.8) is 0 Å².